The number of halogens is 1. The first-order valence-corrected chi connectivity index (χ1v) is 11.5. The van der Waals surface area contributed by atoms with Gasteiger partial charge in [-0.25, -0.2) is 14.0 Å². The Morgan fingerprint density at radius 2 is 1.97 bits per heavy atom. The van der Waals surface area contributed by atoms with Gasteiger partial charge in [0.1, 0.15) is 5.82 Å². The lowest BCUT2D eigenvalue weighted by Crippen LogP contribution is -2.34. The first kappa shape index (κ1) is 23.9. The van der Waals surface area contributed by atoms with Crippen molar-refractivity contribution in [3.8, 4) is 0 Å². The topological polar surface area (TPSA) is 107 Å². The standard InChI is InChI=1S/C21H25FN2OS.C2H2O4/c1-2-21(17-6-5-16(22)13-18(17)23-20(21)25)9-3-4-10-24-11-7-19-15(14-24)8-12-26-19;3-1(4)2(5)6/h5-6,8,12-13H,2-4,7,9-11,14H2,1H3,(H,23,25);(H,3,4)(H,5,6). The van der Waals surface area contributed by atoms with E-state index in [4.69, 9.17) is 19.8 Å². The van der Waals surface area contributed by atoms with Crippen molar-refractivity contribution in [3.05, 3.63) is 51.5 Å². The van der Waals surface area contributed by atoms with Crippen molar-refractivity contribution in [2.75, 3.05) is 18.4 Å². The summed E-state index contributed by atoms with van der Waals surface area (Å²) in [5.74, 6) is -3.92. The van der Waals surface area contributed by atoms with Gasteiger partial charge in [0, 0.05) is 23.7 Å². The predicted octanol–water partition coefficient (Wildman–Crippen LogP) is 3.87. The maximum Gasteiger partial charge on any atom is 0.414 e. The van der Waals surface area contributed by atoms with Crippen molar-refractivity contribution < 1.29 is 29.0 Å². The molecule has 1 unspecified atom stereocenters. The van der Waals surface area contributed by atoms with Gasteiger partial charge in [-0.1, -0.05) is 19.4 Å². The van der Waals surface area contributed by atoms with Crippen molar-refractivity contribution in [2.24, 2.45) is 0 Å². The van der Waals surface area contributed by atoms with Crippen molar-refractivity contribution in [2.45, 2.75) is 51.0 Å². The second-order valence-electron chi connectivity index (χ2n) is 8.04. The molecule has 0 bridgehead atoms. The van der Waals surface area contributed by atoms with Gasteiger partial charge in [-0.2, -0.15) is 0 Å². The Hall–Kier alpha value is -2.78. The molecule has 0 spiro atoms. The van der Waals surface area contributed by atoms with Crippen LogP contribution in [0, 0.1) is 5.82 Å². The van der Waals surface area contributed by atoms with Crippen LogP contribution in [0.4, 0.5) is 10.1 Å². The molecule has 32 heavy (non-hydrogen) atoms. The molecule has 2 aliphatic heterocycles. The summed E-state index contributed by atoms with van der Waals surface area (Å²) >= 11 is 1.87. The third kappa shape index (κ3) is 5.16. The Balaban J connectivity index is 0.000000427. The van der Waals surface area contributed by atoms with Gasteiger partial charge in [-0.15, -0.1) is 11.3 Å². The minimum atomic E-state index is -1.82. The third-order valence-corrected chi connectivity index (χ3v) is 7.20. The number of anilines is 1. The number of nitrogens with zero attached hydrogens (tertiary/aromatic N) is 1. The summed E-state index contributed by atoms with van der Waals surface area (Å²) in [5.41, 5.74) is 2.61. The highest BCUT2D eigenvalue weighted by Crippen LogP contribution is 2.44. The van der Waals surface area contributed by atoms with Crippen LogP contribution in [-0.4, -0.2) is 46.0 Å². The zero-order valence-corrected chi connectivity index (χ0v) is 18.7. The van der Waals surface area contributed by atoms with E-state index in [1.807, 2.05) is 11.3 Å². The number of rotatable bonds is 6. The lowest BCUT2D eigenvalue weighted by Gasteiger charge is -2.28. The van der Waals surface area contributed by atoms with Crippen molar-refractivity contribution in [1.29, 1.82) is 0 Å². The molecule has 9 heteroatoms. The maximum atomic E-state index is 13.5. The number of hydrogen-bond donors (Lipinski definition) is 3. The predicted molar refractivity (Wildman–Crippen MR) is 119 cm³/mol. The number of hydrogen-bond acceptors (Lipinski definition) is 5. The van der Waals surface area contributed by atoms with Crippen molar-refractivity contribution in [3.63, 3.8) is 0 Å². The summed E-state index contributed by atoms with van der Waals surface area (Å²) in [5, 5.41) is 19.9. The number of thiophene rings is 1. The minimum absolute atomic E-state index is 0.0292. The molecule has 4 rings (SSSR count). The van der Waals surface area contributed by atoms with Crippen LogP contribution >= 0.6 is 11.3 Å². The fourth-order valence-corrected chi connectivity index (χ4v) is 5.33. The van der Waals surface area contributed by atoms with Crippen LogP contribution in [-0.2, 0) is 32.8 Å². The number of aliphatic carboxylic acids is 2. The largest absolute Gasteiger partial charge is 0.473 e. The fourth-order valence-electron chi connectivity index (χ4n) is 4.44. The SMILES string of the molecule is CCC1(CCCCN2CCc3sccc3C2)C(=O)Nc2cc(F)ccc21.O=C(O)C(=O)O. The van der Waals surface area contributed by atoms with Gasteiger partial charge in [-0.05, 0) is 66.9 Å². The number of unbranched alkanes of at least 4 members (excludes halogenated alkanes) is 1. The number of benzene rings is 1. The summed E-state index contributed by atoms with van der Waals surface area (Å²) in [6.45, 7) is 5.32. The molecule has 172 valence electrons. The van der Waals surface area contributed by atoms with E-state index in [0.29, 0.717) is 5.69 Å². The Kier molecular flexibility index (Phi) is 7.63. The van der Waals surface area contributed by atoms with Gasteiger partial charge in [0.05, 0.1) is 5.41 Å². The van der Waals surface area contributed by atoms with Gasteiger partial charge in [-0.3, -0.25) is 9.69 Å². The first-order chi connectivity index (χ1) is 15.3. The first-order valence-electron chi connectivity index (χ1n) is 10.6. The van der Waals surface area contributed by atoms with E-state index in [-0.39, 0.29) is 11.7 Å². The monoisotopic (exact) mass is 462 g/mol. The maximum absolute atomic E-state index is 13.5. The average Bonchev–Trinajstić information content (AvgIpc) is 3.33. The van der Waals surface area contributed by atoms with Gasteiger partial charge < -0.3 is 15.5 Å². The van der Waals surface area contributed by atoms with Gasteiger partial charge in [0.25, 0.3) is 0 Å². The Bertz CT molecular complexity index is 996. The van der Waals surface area contributed by atoms with E-state index in [1.54, 1.807) is 6.07 Å². The summed E-state index contributed by atoms with van der Waals surface area (Å²) < 4.78 is 13.5. The van der Waals surface area contributed by atoms with Crippen molar-refractivity contribution >= 4 is 34.9 Å². The fraction of sp³-hybridized carbons (Fsp3) is 0.435. The molecule has 1 aromatic carbocycles. The van der Waals surface area contributed by atoms with Gasteiger partial charge in [0.2, 0.25) is 5.91 Å². The molecule has 3 heterocycles. The molecule has 0 saturated heterocycles. The van der Waals surface area contributed by atoms with E-state index < -0.39 is 17.4 Å². The number of fused-ring (bicyclic) bond motifs is 2. The molecule has 0 radical (unpaired) electrons. The van der Waals surface area contributed by atoms with E-state index >= 15 is 0 Å². The molecule has 2 aromatic rings. The molecule has 0 fully saturated rings. The number of carboxylic acids is 2. The van der Waals surface area contributed by atoms with Crippen LogP contribution in [0.2, 0.25) is 0 Å². The Labute approximate surface area is 189 Å². The molecule has 1 aromatic heterocycles. The Morgan fingerprint density at radius 3 is 2.66 bits per heavy atom. The lowest BCUT2D eigenvalue weighted by molar-refractivity contribution is -0.159. The highest BCUT2D eigenvalue weighted by atomic mass is 32.1. The molecule has 7 nitrogen and oxygen atoms in total. The van der Waals surface area contributed by atoms with Crippen LogP contribution in [0.5, 0.6) is 0 Å². The normalized spacial score (nSPS) is 19.4. The third-order valence-electron chi connectivity index (χ3n) is 6.18. The highest BCUT2D eigenvalue weighted by Gasteiger charge is 2.44. The lowest BCUT2D eigenvalue weighted by atomic mass is 9.75. The van der Waals surface area contributed by atoms with E-state index in [1.165, 1.54) is 22.6 Å². The summed E-state index contributed by atoms with van der Waals surface area (Å²) in [7, 11) is 0. The van der Waals surface area contributed by atoms with E-state index in [9.17, 15) is 9.18 Å². The van der Waals surface area contributed by atoms with E-state index in [0.717, 1.165) is 57.3 Å². The second-order valence-corrected chi connectivity index (χ2v) is 9.04. The number of amides is 1. The van der Waals surface area contributed by atoms with E-state index in [2.05, 4.69) is 28.6 Å². The zero-order chi connectivity index (χ0) is 23.3. The summed E-state index contributed by atoms with van der Waals surface area (Å²) in [6, 6.07) is 6.94. The number of carbonyl (C=O) groups is 3. The smallest absolute Gasteiger partial charge is 0.414 e. The van der Waals surface area contributed by atoms with Crippen LogP contribution in [0.1, 0.15) is 48.6 Å². The summed E-state index contributed by atoms with van der Waals surface area (Å²) in [6.07, 6.45) is 4.83. The quantitative estimate of drug-likeness (QED) is 0.444. The Morgan fingerprint density at radius 1 is 1.22 bits per heavy atom. The summed E-state index contributed by atoms with van der Waals surface area (Å²) in [4.78, 5) is 34.9. The number of nitrogens with one attached hydrogen (secondary N) is 1. The molecular weight excluding hydrogens is 435 g/mol. The van der Waals surface area contributed by atoms with Crippen molar-refractivity contribution in [1.82, 2.24) is 4.90 Å². The average molecular weight is 463 g/mol. The zero-order valence-electron chi connectivity index (χ0n) is 17.9. The molecular formula is C23H27FN2O5S. The molecule has 0 aliphatic carbocycles. The molecule has 3 N–H and O–H groups in total. The van der Waals surface area contributed by atoms with Crippen LogP contribution in [0.3, 0.4) is 0 Å². The molecule has 1 atom stereocenters. The van der Waals surface area contributed by atoms with Gasteiger partial charge in [0.15, 0.2) is 0 Å². The molecule has 0 saturated carbocycles. The van der Waals surface area contributed by atoms with Gasteiger partial charge >= 0.3 is 11.9 Å². The van der Waals surface area contributed by atoms with Crippen LogP contribution in [0.15, 0.2) is 29.6 Å². The van der Waals surface area contributed by atoms with Crippen LogP contribution in [0.25, 0.3) is 0 Å². The van der Waals surface area contributed by atoms with Crippen LogP contribution < -0.4 is 5.32 Å². The minimum Gasteiger partial charge on any atom is -0.473 e. The number of carbonyl (C=O) groups excluding carboxylic acids is 1. The molecule has 1 amide bonds. The second kappa shape index (κ2) is 10.2. The highest BCUT2D eigenvalue weighted by molar-refractivity contribution is 7.10. The number of carboxylic acid groups (broad SMARTS) is 2. The molecule has 2 aliphatic rings.